The summed E-state index contributed by atoms with van der Waals surface area (Å²) >= 11 is 0. The average molecular weight is 573 g/mol. The number of likely N-dealkylation sites (N-methyl/N-ethyl adjacent to an activating group) is 1. The molecule has 0 bridgehead atoms. The summed E-state index contributed by atoms with van der Waals surface area (Å²) < 4.78 is 7.01. The molecule has 0 spiro atoms. The fraction of sp³-hybridized carbons (Fsp3) is 0.472. The summed E-state index contributed by atoms with van der Waals surface area (Å²) in [7, 11) is -0.131. The zero-order valence-corrected chi connectivity index (χ0v) is 27.6. The molecule has 5 heteroatoms. The van der Waals surface area contributed by atoms with E-state index >= 15 is 0 Å². The van der Waals surface area contributed by atoms with E-state index in [-0.39, 0.29) is 29.1 Å². The third-order valence-electron chi connectivity index (χ3n) is 8.80. The maximum absolute atomic E-state index is 14.0. The van der Waals surface area contributed by atoms with Crippen molar-refractivity contribution in [2.45, 2.75) is 103 Å². The molecule has 0 fully saturated rings. The van der Waals surface area contributed by atoms with Gasteiger partial charge in [-0.3, -0.25) is 9.69 Å². The van der Waals surface area contributed by atoms with Gasteiger partial charge in [-0.05, 0) is 48.2 Å². The Balaban J connectivity index is 1.85. The molecule has 0 radical (unpaired) electrons. The van der Waals surface area contributed by atoms with E-state index in [0.29, 0.717) is 6.42 Å². The summed E-state index contributed by atoms with van der Waals surface area (Å²) in [5, 5.41) is 0.0733. The molecule has 3 rings (SSSR count). The molecule has 0 heterocycles. The third-order valence-corrected chi connectivity index (χ3v) is 13.3. The monoisotopic (exact) mass is 572 g/mol. The zero-order valence-electron chi connectivity index (χ0n) is 26.6. The van der Waals surface area contributed by atoms with Crippen LogP contribution in [-0.4, -0.2) is 43.2 Å². The highest BCUT2D eigenvalue weighted by atomic mass is 28.4. The molecule has 222 valence electrons. The van der Waals surface area contributed by atoms with E-state index in [0.717, 1.165) is 31.5 Å². The van der Waals surface area contributed by atoms with Crippen LogP contribution in [0.1, 0.15) is 76.7 Å². The Morgan fingerprint density at radius 1 is 0.829 bits per heavy atom. The maximum Gasteiger partial charge on any atom is 0.224 e. The van der Waals surface area contributed by atoms with Gasteiger partial charge >= 0.3 is 0 Å². The Kier molecular flexibility index (Phi) is 11.9. The summed E-state index contributed by atoms with van der Waals surface area (Å²) in [6.07, 6.45) is 2.30. The van der Waals surface area contributed by atoms with Crippen LogP contribution in [0.5, 0.6) is 0 Å². The van der Waals surface area contributed by atoms with Crippen molar-refractivity contribution in [3.8, 4) is 0 Å². The molecule has 0 unspecified atom stereocenters. The Labute approximate surface area is 250 Å². The largest absolute Gasteiger partial charge is 0.408 e. The number of rotatable bonds is 14. The van der Waals surface area contributed by atoms with Gasteiger partial charge in [0.05, 0.1) is 12.1 Å². The Morgan fingerprint density at radius 3 is 1.73 bits per heavy atom. The summed E-state index contributed by atoms with van der Waals surface area (Å²) in [6, 6.07) is 31.7. The van der Waals surface area contributed by atoms with Crippen LogP contribution in [0, 0.1) is 0 Å². The second kappa shape index (κ2) is 14.9. The van der Waals surface area contributed by atoms with Crippen LogP contribution in [0.25, 0.3) is 0 Å². The molecular weight excluding hydrogens is 520 g/mol. The van der Waals surface area contributed by atoms with E-state index < -0.39 is 8.32 Å². The highest BCUT2D eigenvalue weighted by Crippen LogP contribution is 2.41. The summed E-state index contributed by atoms with van der Waals surface area (Å²) in [5.41, 5.74) is 3.67. The fourth-order valence-corrected chi connectivity index (χ4v) is 6.38. The van der Waals surface area contributed by atoms with Gasteiger partial charge in [0, 0.05) is 32.6 Å². The van der Waals surface area contributed by atoms with Gasteiger partial charge in [-0.2, -0.15) is 0 Å². The number of hydrogen-bond acceptors (Lipinski definition) is 3. The second-order valence-corrected chi connectivity index (χ2v) is 17.7. The van der Waals surface area contributed by atoms with E-state index in [4.69, 9.17) is 4.43 Å². The molecule has 0 aliphatic carbocycles. The standard InChI is InChI=1S/C36H52N2O2Si/c1-9-19-33(38(27-30-20-13-10-14-21-30)28-31-22-15-11-16-23-31)26-34(39)37(6)29(2)35(32-24-17-12-18-25-32)40-41(7,8)36(3,4)5/h10-18,20-25,29,33,35H,9,19,26-28H2,1-8H3/t29-,33-,35+/m0/s1. The molecule has 3 aromatic rings. The van der Waals surface area contributed by atoms with E-state index in [1.807, 2.05) is 18.0 Å². The van der Waals surface area contributed by atoms with Crippen LogP contribution in [-0.2, 0) is 22.3 Å². The molecule has 0 aromatic heterocycles. The van der Waals surface area contributed by atoms with Crippen molar-refractivity contribution < 1.29 is 9.22 Å². The van der Waals surface area contributed by atoms with Gasteiger partial charge in [-0.25, -0.2) is 0 Å². The first-order chi connectivity index (χ1) is 19.4. The number of carbonyl (C=O) groups excluding carboxylic acids is 1. The quantitative estimate of drug-likeness (QED) is 0.181. The van der Waals surface area contributed by atoms with Crippen LogP contribution < -0.4 is 0 Å². The normalized spacial score (nSPS) is 14.5. The first-order valence-corrected chi connectivity index (χ1v) is 18.1. The highest BCUT2D eigenvalue weighted by Gasteiger charge is 2.41. The number of amides is 1. The number of carbonyl (C=O) groups is 1. The van der Waals surface area contributed by atoms with Gasteiger partial charge in [0.25, 0.3) is 0 Å². The van der Waals surface area contributed by atoms with Gasteiger partial charge < -0.3 is 9.33 Å². The van der Waals surface area contributed by atoms with Crippen molar-refractivity contribution >= 4 is 14.2 Å². The molecule has 3 aromatic carbocycles. The fourth-order valence-electron chi connectivity index (χ4n) is 5.05. The lowest BCUT2D eigenvalue weighted by atomic mass is 10.00. The van der Waals surface area contributed by atoms with Crippen molar-refractivity contribution in [3.05, 3.63) is 108 Å². The van der Waals surface area contributed by atoms with Crippen molar-refractivity contribution in [1.29, 1.82) is 0 Å². The molecule has 0 N–H and O–H groups in total. The van der Waals surface area contributed by atoms with E-state index in [1.54, 1.807) is 0 Å². The van der Waals surface area contributed by atoms with Crippen molar-refractivity contribution in [3.63, 3.8) is 0 Å². The van der Waals surface area contributed by atoms with Crippen molar-refractivity contribution in [2.75, 3.05) is 7.05 Å². The lowest BCUT2D eigenvalue weighted by molar-refractivity contribution is -0.135. The van der Waals surface area contributed by atoms with Crippen molar-refractivity contribution in [1.82, 2.24) is 9.80 Å². The Morgan fingerprint density at radius 2 is 1.29 bits per heavy atom. The number of nitrogens with zero attached hydrogens (tertiary/aromatic N) is 2. The maximum atomic E-state index is 14.0. The molecule has 3 atom stereocenters. The molecule has 41 heavy (non-hydrogen) atoms. The zero-order chi connectivity index (χ0) is 30.0. The molecule has 4 nitrogen and oxygen atoms in total. The summed E-state index contributed by atoms with van der Waals surface area (Å²) in [4.78, 5) is 18.5. The second-order valence-electron chi connectivity index (χ2n) is 13.0. The molecular formula is C36H52N2O2Si. The van der Waals surface area contributed by atoms with Crippen molar-refractivity contribution in [2.24, 2.45) is 0 Å². The topological polar surface area (TPSA) is 32.8 Å². The summed E-state index contributed by atoms with van der Waals surface area (Å²) in [6.45, 7) is 17.4. The van der Waals surface area contributed by atoms with Crippen LogP contribution in [0.2, 0.25) is 18.1 Å². The Hall–Kier alpha value is -2.73. The van der Waals surface area contributed by atoms with E-state index in [1.165, 1.54) is 11.1 Å². The molecule has 0 saturated carbocycles. The average Bonchev–Trinajstić information content (AvgIpc) is 2.95. The van der Waals surface area contributed by atoms with Crippen LogP contribution in [0.4, 0.5) is 0 Å². The number of benzene rings is 3. The van der Waals surface area contributed by atoms with Gasteiger partial charge in [0.1, 0.15) is 0 Å². The lowest BCUT2D eigenvalue weighted by Gasteiger charge is -2.43. The minimum absolute atomic E-state index is 0.0733. The van der Waals surface area contributed by atoms with Crippen LogP contribution in [0.15, 0.2) is 91.0 Å². The molecule has 0 saturated heterocycles. The minimum Gasteiger partial charge on any atom is -0.408 e. The first kappa shape index (κ1) is 32.8. The smallest absolute Gasteiger partial charge is 0.224 e. The highest BCUT2D eigenvalue weighted by molar-refractivity contribution is 6.74. The van der Waals surface area contributed by atoms with E-state index in [2.05, 4.69) is 138 Å². The molecule has 1 amide bonds. The predicted molar refractivity (Wildman–Crippen MR) is 175 cm³/mol. The van der Waals surface area contributed by atoms with Crippen LogP contribution in [0.3, 0.4) is 0 Å². The minimum atomic E-state index is -2.09. The van der Waals surface area contributed by atoms with Gasteiger partial charge in [0.15, 0.2) is 8.32 Å². The van der Waals surface area contributed by atoms with Gasteiger partial charge in [-0.1, -0.05) is 125 Å². The SMILES string of the molecule is CCC[C@@H](CC(=O)N(C)[C@@H](C)[C@@H](O[Si](C)(C)C(C)(C)C)c1ccccc1)N(Cc1ccccc1)Cc1ccccc1. The van der Waals surface area contributed by atoms with Gasteiger partial charge in [-0.15, -0.1) is 0 Å². The molecule has 0 aliphatic heterocycles. The predicted octanol–water partition coefficient (Wildman–Crippen LogP) is 8.86. The van der Waals surface area contributed by atoms with E-state index in [9.17, 15) is 4.79 Å². The van der Waals surface area contributed by atoms with Gasteiger partial charge in [0.2, 0.25) is 5.91 Å². The molecule has 0 aliphatic rings. The number of hydrogen-bond donors (Lipinski definition) is 0. The summed E-state index contributed by atoms with van der Waals surface area (Å²) in [5.74, 6) is 0.168. The lowest BCUT2D eigenvalue weighted by Crippen LogP contribution is -2.48. The first-order valence-electron chi connectivity index (χ1n) is 15.2. The third kappa shape index (κ3) is 9.39. The Bertz CT molecular complexity index is 1140. The van der Waals surface area contributed by atoms with Crippen LogP contribution >= 0.6 is 0 Å².